The number of rotatable bonds is 10. The fourth-order valence-electron chi connectivity index (χ4n) is 2.01. The van der Waals surface area contributed by atoms with Gasteiger partial charge in [-0.25, -0.2) is 9.78 Å². The first-order valence-electron chi connectivity index (χ1n) is 8.06. The lowest BCUT2D eigenvalue weighted by molar-refractivity contribution is -0.145. The number of aromatic nitrogens is 1. The van der Waals surface area contributed by atoms with Crippen LogP contribution in [-0.4, -0.2) is 47.5 Å². The Morgan fingerprint density at radius 2 is 1.83 bits per heavy atom. The van der Waals surface area contributed by atoms with Gasteiger partial charge in [0.1, 0.15) is 5.01 Å². The predicted molar refractivity (Wildman–Crippen MR) is 89.6 cm³/mol. The Hall–Kier alpha value is -1.96. The summed E-state index contributed by atoms with van der Waals surface area (Å²) in [6.45, 7) is 6.91. The summed E-state index contributed by atoms with van der Waals surface area (Å²) in [4.78, 5) is 41.2. The van der Waals surface area contributed by atoms with E-state index in [-0.39, 0.29) is 30.4 Å². The molecular formula is C16H24N2O5S. The molecule has 0 radical (unpaired) electrons. The number of thiazole rings is 1. The minimum absolute atomic E-state index is 0.0683. The van der Waals surface area contributed by atoms with Crippen LogP contribution in [-0.2, 0) is 25.6 Å². The molecular weight excluding hydrogens is 332 g/mol. The van der Waals surface area contributed by atoms with Crippen molar-refractivity contribution in [2.24, 2.45) is 0 Å². The second-order valence-electron chi connectivity index (χ2n) is 4.97. The molecule has 7 nitrogen and oxygen atoms in total. The monoisotopic (exact) mass is 356 g/mol. The minimum Gasteiger partial charge on any atom is -0.466 e. The number of hydrogen-bond acceptors (Lipinski definition) is 7. The van der Waals surface area contributed by atoms with Gasteiger partial charge in [0.25, 0.3) is 0 Å². The summed E-state index contributed by atoms with van der Waals surface area (Å²) in [5.74, 6) is -0.963. The summed E-state index contributed by atoms with van der Waals surface area (Å²) >= 11 is 1.31. The SMILES string of the molecule is CCCN(Cc1nc(C(=O)OCC)cs1)C(=O)CCC(=O)OCC. The van der Waals surface area contributed by atoms with E-state index in [1.807, 2.05) is 6.92 Å². The van der Waals surface area contributed by atoms with Gasteiger partial charge < -0.3 is 14.4 Å². The third kappa shape index (κ3) is 6.66. The van der Waals surface area contributed by atoms with Crippen LogP contribution in [0.5, 0.6) is 0 Å². The molecule has 1 aromatic heterocycles. The largest absolute Gasteiger partial charge is 0.466 e. The van der Waals surface area contributed by atoms with Crippen LogP contribution in [0.3, 0.4) is 0 Å². The molecule has 1 heterocycles. The summed E-state index contributed by atoms with van der Waals surface area (Å²) in [6.07, 6.45) is 0.967. The second-order valence-corrected chi connectivity index (χ2v) is 5.91. The molecule has 1 rings (SSSR count). The molecule has 0 aromatic carbocycles. The molecule has 0 N–H and O–H groups in total. The smallest absolute Gasteiger partial charge is 0.357 e. The van der Waals surface area contributed by atoms with Crippen molar-refractivity contribution < 1.29 is 23.9 Å². The lowest BCUT2D eigenvalue weighted by Crippen LogP contribution is -2.31. The molecule has 0 saturated carbocycles. The van der Waals surface area contributed by atoms with Gasteiger partial charge in [-0.15, -0.1) is 11.3 Å². The fourth-order valence-corrected chi connectivity index (χ4v) is 2.79. The predicted octanol–water partition coefficient (Wildman–Crippen LogP) is 2.40. The molecule has 0 aliphatic heterocycles. The van der Waals surface area contributed by atoms with Crippen molar-refractivity contribution in [3.8, 4) is 0 Å². The van der Waals surface area contributed by atoms with E-state index in [2.05, 4.69) is 4.98 Å². The molecule has 0 saturated heterocycles. The summed E-state index contributed by atoms with van der Waals surface area (Å²) in [7, 11) is 0. The Morgan fingerprint density at radius 1 is 1.12 bits per heavy atom. The van der Waals surface area contributed by atoms with Gasteiger partial charge in [-0.3, -0.25) is 9.59 Å². The Balaban J connectivity index is 2.63. The second kappa shape index (κ2) is 10.7. The molecule has 0 atom stereocenters. The van der Waals surface area contributed by atoms with Gasteiger partial charge in [0, 0.05) is 18.3 Å². The van der Waals surface area contributed by atoms with E-state index >= 15 is 0 Å². The van der Waals surface area contributed by atoms with Gasteiger partial charge in [-0.2, -0.15) is 0 Å². The van der Waals surface area contributed by atoms with Crippen LogP contribution in [0.25, 0.3) is 0 Å². The quantitative estimate of drug-likeness (QED) is 0.598. The van der Waals surface area contributed by atoms with E-state index in [0.717, 1.165) is 6.42 Å². The molecule has 8 heteroatoms. The molecule has 1 amide bonds. The summed E-state index contributed by atoms with van der Waals surface area (Å²) in [5, 5.41) is 2.29. The normalized spacial score (nSPS) is 10.3. The minimum atomic E-state index is -0.462. The first-order valence-corrected chi connectivity index (χ1v) is 8.94. The van der Waals surface area contributed by atoms with E-state index < -0.39 is 5.97 Å². The van der Waals surface area contributed by atoms with Gasteiger partial charge in [0.05, 0.1) is 26.2 Å². The van der Waals surface area contributed by atoms with Gasteiger partial charge in [0.15, 0.2) is 5.69 Å². The van der Waals surface area contributed by atoms with Crippen LogP contribution in [0.2, 0.25) is 0 Å². The van der Waals surface area contributed by atoms with Crippen LogP contribution in [0.15, 0.2) is 5.38 Å². The maximum atomic E-state index is 12.3. The molecule has 0 fully saturated rings. The average Bonchev–Trinajstić information content (AvgIpc) is 3.01. The maximum Gasteiger partial charge on any atom is 0.357 e. The van der Waals surface area contributed by atoms with Gasteiger partial charge >= 0.3 is 11.9 Å². The number of carbonyl (C=O) groups is 3. The van der Waals surface area contributed by atoms with Crippen LogP contribution in [0.1, 0.15) is 55.5 Å². The van der Waals surface area contributed by atoms with Crippen LogP contribution < -0.4 is 0 Å². The number of esters is 2. The van der Waals surface area contributed by atoms with Crippen molar-refractivity contribution >= 4 is 29.2 Å². The highest BCUT2D eigenvalue weighted by molar-refractivity contribution is 7.09. The van der Waals surface area contributed by atoms with E-state index in [0.29, 0.717) is 31.3 Å². The highest BCUT2D eigenvalue weighted by Gasteiger charge is 2.18. The number of hydrogen-bond donors (Lipinski definition) is 0. The van der Waals surface area contributed by atoms with Gasteiger partial charge in [0.2, 0.25) is 5.91 Å². The maximum absolute atomic E-state index is 12.3. The molecule has 1 aromatic rings. The van der Waals surface area contributed by atoms with Gasteiger partial charge in [-0.05, 0) is 20.3 Å². The first kappa shape index (κ1) is 20.1. The third-order valence-electron chi connectivity index (χ3n) is 3.06. The average molecular weight is 356 g/mol. The molecule has 24 heavy (non-hydrogen) atoms. The Labute approximate surface area is 146 Å². The highest BCUT2D eigenvalue weighted by atomic mass is 32.1. The molecule has 0 bridgehead atoms. The molecule has 0 aliphatic rings. The molecule has 134 valence electrons. The van der Waals surface area contributed by atoms with Crippen molar-refractivity contribution in [1.82, 2.24) is 9.88 Å². The topological polar surface area (TPSA) is 85.8 Å². The first-order chi connectivity index (χ1) is 11.5. The Morgan fingerprint density at radius 3 is 2.46 bits per heavy atom. The van der Waals surface area contributed by atoms with Crippen LogP contribution in [0.4, 0.5) is 0 Å². The molecule has 0 unspecified atom stereocenters. The fraction of sp³-hybridized carbons (Fsp3) is 0.625. The van der Waals surface area contributed by atoms with Crippen molar-refractivity contribution in [2.75, 3.05) is 19.8 Å². The summed E-state index contributed by atoms with van der Waals surface area (Å²) < 4.78 is 9.73. The van der Waals surface area contributed by atoms with E-state index in [1.165, 1.54) is 11.3 Å². The van der Waals surface area contributed by atoms with Crippen LogP contribution >= 0.6 is 11.3 Å². The molecule has 0 aliphatic carbocycles. The van der Waals surface area contributed by atoms with E-state index in [9.17, 15) is 14.4 Å². The number of ether oxygens (including phenoxy) is 2. The summed E-state index contributed by atoms with van der Waals surface area (Å²) in [6, 6.07) is 0. The Kier molecular flexibility index (Phi) is 8.99. The highest BCUT2D eigenvalue weighted by Crippen LogP contribution is 2.15. The van der Waals surface area contributed by atoms with Crippen molar-refractivity contribution in [3.05, 3.63) is 16.1 Å². The van der Waals surface area contributed by atoms with Crippen molar-refractivity contribution in [2.45, 2.75) is 46.6 Å². The third-order valence-corrected chi connectivity index (χ3v) is 3.89. The van der Waals surface area contributed by atoms with Crippen molar-refractivity contribution in [1.29, 1.82) is 0 Å². The van der Waals surface area contributed by atoms with Crippen molar-refractivity contribution in [3.63, 3.8) is 0 Å². The zero-order valence-electron chi connectivity index (χ0n) is 14.4. The van der Waals surface area contributed by atoms with E-state index in [4.69, 9.17) is 9.47 Å². The zero-order valence-corrected chi connectivity index (χ0v) is 15.2. The number of carbonyl (C=O) groups excluding carboxylic acids is 3. The lowest BCUT2D eigenvalue weighted by Gasteiger charge is -2.20. The zero-order chi connectivity index (χ0) is 17.9. The van der Waals surface area contributed by atoms with Gasteiger partial charge in [-0.1, -0.05) is 6.92 Å². The standard InChI is InChI=1S/C16H24N2O5S/c1-4-9-18(14(19)7-8-15(20)22-5-2)10-13-17-12(11-24-13)16(21)23-6-3/h11H,4-10H2,1-3H3. The summed E-state index contributed by atoms with van der Waals surface area (Å²) in [5.41, 5.74) is 0.257. The Bertz CT molecular complexity index is 558. The molecule has 0 spiro atoms. The lowest BCUT2D eigenvalue weighted by atomic mass is 10.2. The van der Waals surface area contributed by atoms with E-state index in [1.54, 1.807) is 24.1 Å². The number of nitrogens with zero attached hydrogens (tertiary/aromatic N) is 2. The van der Waals surface area contributed by atoms with Crippen LogP contribution in [0, 0.1) is 0 Å². The number of amides is 1.